The molecular formula is C12H22N2O. The molecule has 2 aliphatic rings. The van der Waals surface area contributed by atoms with Crippen LogP contribution in [0.25, 0.3) is 0 Å². The molecule has 1 amide bonds. The summed E-state index contributed by atoms with van der Waals surface area (Å²) < 4.78 is 0. The van der Waals surface area contributed by atoms with Crippen LogP contribution in [-0.2, 0) is 4.79 Å². The van der Waals surface area contributed by atoms with E-state index in [2.05, 4.69) is 12.2 Å². The van der Waals surface area contributed by atoms with Gasteiger partial charge in [0, 0.05) is 13.0 Å². The maximum atomic E-state index is 11.7. The summed E-state index contributed by atoms with van der Waals surface area (Å²) in [7, 11) is 0. The number of hydrogen-bond acceptors (Lipinski definition) is 2. The van der Waals surface area contributed by atoms with Crippen molar-refractivity contribution in [3.8, 4) is 0 Å². The van der Waals surface area contributed by atoms with Crippen LogP contribution in [0.5, 0.6) is 0 Å². The van der Waals surface area contributed by atoms with E-state index in [-0.39, 0.29) is 11.3 Å². The summed E-state index contributed by atoms with van der Waals surface area (Å²) >= 11 is 0. The van der Waals surface area contributed by atoms with Crippen molar-refractivity contribution in [3.05, 3.63) is 0 Å². The van der Waals surface area contributed by atoms with Gasteiger partial charge in [0.1, 0.15) is 0 Å². The zero-order valence-electron chi connectivity index (χ0n) is 9.64. The molecule has 2 aliphatic carbocycles. The molecule has 0 heterocycles. The monoisotopic (exact) mass is 210 g/mol. The van der Waals surface area contributed by atoms with Crippen molar-refractivity contribution in [2.24, 2.45) is 16.6 Å². The maximum Gasteiger partial charge on any atom is 0.220 e. The molecule has 0 unspecified atom stereocenters. The summed E-state index contributed by atoms with van der Waals surface area (Å²) in [6, 6.07) is 0. The van der Waals surface area contributed by atoms with Crippen LogP contribution in [0, 0.1) is 10.8 Å². The molecule has 3 heteroatoms. The molecule has 3 nitrogen and oxygen atoms in total. The smallest absolute Gasteiger partial charge is 0.220 e. The minimum absolute atomic E-state index is 0.147. The highest BCUT2D eigenvalue weighted by Gasteiger charge is 2.40. The molecule has 0 aliphatic heterocycles. The molecule has 3 N–H and O–H groups in total. The summed E-state index contributed by atoms with van der Waals surface area (Å²) in [6.45, 7) is 3.75. The van der Waals surface area contributed by atoms with E-state index in [4.69, 9.17) is 5.73 Å². The van der Waals surface area contributed by atoms with E-state index in [0.29, 0.717) is 18.4 Å². The fourth-order valence-electron chi connectivity index (χ4n) is 2.24. The van der Waals surface area contributed by atoms with Gasteiger partial charge in [0.2, 0.25) is 5.91 Å². The molecule has 0 aromatic carbocycles. The van der Waals surface area contributed by atoms with Gasteiger partial charge in [0.05, 0.1) is 0 Å². The number of carbonyl (C=O) groups is 1. The first-order valence-corrected chi connectivity index (χ1v) is 6.04. The SMILES string of the molecule is CC1(CNC(=O)CC2(CN)CCC2)CC1. The fraction of sp³-hybridized carbons (Fsp3) is 0.917. The number of carbonyl (C=O) groups excluding carboxylic acids is 1. The molecule has 0 bridgehead atoms. The van der Waals surface area contributed by atoms with Gasteiger partial charge in [-0.25, -0.2) is 0 Å². The molecule has 2 fully saturated rings. The average Bonchev–Trinajstić information content (AvgIpc) is 2.88. The van der Waals surface area contributed by atoms with Gasteiger partial charge in [-0.15, -0.1) is 0 Å². The number of nitrogens with one attached hydrogen (secondary N) is 1. The van der Waals surface area contributed by atoms with Crippen molar-refractivity contribution in [3.63, 3.8) is 0 Å². The molecule has 0 spiro atoms. The number of amides is 1. The van der Waals surface area contributed by atoms with Gasteiger partial charge in [-0.05, 0) is 43.1 Å². The normalized spacial score (nSPS) is 25.5. The predicted molar refractivity (Wildman–Crippen MR) is 60.3 cm³/mol. The standard InChI is InChI=1S/C12H22N2O/c1-11(5-6-11)9-14-10(15)7-12(8-13)3-2-4-12/h2-9,13H2,1H3,(H,14,15). The van der Waals surface area contributed by atoms with Crippen LogP contribution in [-0.4, -0.2) is 19.0 Å². The summed E-state index contributed by atoms with van der Waals surface area (Å²) in [5.74, 6) is 0.202. The summed E-state index contributed by atoms with van der Waals surface area (Å²) in [6.07, 6.45) is 6.66. The van der Waals surface area contributed by atoms with Gasteiger partial charge in [-0.3, -0.25) is 4.79 Å². The van der Waals surface area contributed by atoms with Crippen LogP contribution in [0.15, 0.2) is 0 Å². The van der Waals surface area contributed by atoms with Crippen molar-refractivity contribution in [1.29, 1.82) is 0 Å². The molecule has 2 saturated carbocycles. The van der Waals surface area contributed by atoms with E-state index in [1.165, 1.54) is 19.3 Å². The van der Waals surface area contributed by atoms with Gasteiger partial charge in [-0.1, -0.05) is 13.3 Å². The number of rotatable bonds is 5. The average molecular weight is 210 g/mol. The second-order valence-electron chi connectivity index (χ2n) is 5.82. The van der Waals surface area contributed by atoms with Crippen LogP contribution in [0.4, 0.5) is 0 Å². The predicted octanol–water partition coefficient (Wildman–Crippen LogP) is 1.42. The van der Waals surface area contributed by atoms with Crippen LogP contribution in [0.2, 0.25) is 0 Å². The zero-order chi connectivity index (χ0) is 10.9. The van der Waals surface area contributed by atoms with E-state index in [1.807, 2.05) is 0 Å². The Morgan fingerprint density at radius 2 is 2.00 bits per heavy atom. The lowest BCUT2D eigenvalue weighted by Gasteiger charge is -2.40. The summed E-state index contributed by atoms with van der Waals surface area (Å²) in [5.41, 5.74) is 6.29. The van der Waals surface area contributed by atoms with Gasteiger partial charge < -0.3 is 11.1 Å². The first kappa shape index (κ1) is 10.9. The summed E-state index contributed by atoms with van der Waals surface area (Å²) in [4.78, 5) is 11.7. The third kappa shape index (κ3) is 2.51. The Labute approximate surface area is 91.8 Å². The van der Waals surface area contributed by atoms with E-state index in [1.54, 1.807) is 0 Å². The third-order valence-electron chi connectivity index (χ3n) is 4.20. The topological polar surface area (TPSA) is 55.1 Å². The van der Waals surface area contributed by atoms with Gasteiger partial charge in [0.15, 0.2) is 0 Å². The summed E-state index contributed by atoms with van der Waals surface area (Å²) in [5, 5.41) is 3.05. The first-order chi connectivity index (χ1) is 7.08. The van der Waals surface area contributed by atoms with Crippen molar-refractivity contribution >= 4 is 5.91 Å². The quantitative estimate of drug-likeness (QED) is 0.721. The van der Waals surface area contributed by atoms with Crippen molar-refractivity contribution in [2.75, 3.05) is 13.1 Å². The Morgan fingerprint density at radius 3 is 2.40 bits per heavy atom. The Kier molecular flexibility index (Phi) is 2.75. The largest absolute Gasteiger partial charge is 0.356 e. The molecule has 0 aromatic heterocycles. The van der Waals surface area contributed by atoms with E-state index in [0.717, 1.165) is 19.4 Å². The minimum Gasteiger partial charge on any atom is -0.356 e. The first-order valence-electron chi connectivity index (χ1n) is 6.04. The molecule has 2 rings (SSSR count). The third-order valence-corrected chi connectivity index (χ3v) is 4.20. The van der Waals surface area contributed by atoms with Gasteiger partial charge >= 0.3 is 0 Å². The number of hydrogen-bond donors (Lipinski definition) is 2. The van der Waals surface area contributed by atoms with Crippen LogP contribution in [0.3, 0.4) is 0 Å². The van der Waals surface area contributed by atoms with Crippen molar-refractivity contribution in [2.45, 2.75) is 45.4 Å². The minimum atomic E-state index is 0.147. The Balaban J connectivity index is 1.71. The molecule has 0 saturated heterocycles. The van der Waals surface area contributed by atoms with Crippen LogP contribution >= 0.6 is 0 Å². The maximum absolute atomic E-state index is 11.7. The van der Waals surface area contributed by atoms with Crippen LogP contribution < -0.4 is 11.1 Å². The highest BCUT2D eigenvalue weighted by atomic mass is 16.1. The highest BCUT2D eigenvalue weighted by Crippen LogP contribution is 2.45. The Hall–Kier alpha value is -0.570. The van der Waals surface area contributed by atoms with Crippen LogP contribution in [0.1, 0.15) is 45.4 Å². The highest BCUT2D eigenvalue weighted by molar-refractivity contribution is 5.77. The second-order valence-corrected chi connectivity index (χ2v) is 5.82. The molecular weight excluding hydrogens is 188 g/mol. The molecule has 0 atom stereocenters. The molecule has 0 aromatic rings. The van der Waals surface area contributed by atoms with Crippen molar-refractivity contribution in [1.82, 2.24) is 5.32 Å². The van der Waals surface area contributed by atoms with Gasteiger partial charge in [0.25, 0.3) is 0 Å². The molecule has 0 radical (unpaired) electrons. The van der Waals surface area contributed by atoms with Gasteiger partial charge in [-0.2, -0.15) is 0 Å². The Bertz CT molecular complexity index is 249. The lowest BCUT2D eigenvalue weighted by molar-refractivity contribution is -0.124. The molecule has 15 heavy (non-hydrogen) atoms. The fourth-order valence-corrected chi connectivity index (χ4v) is 2.24. The van der Waals surface area contributed by atoms with E-state index >= 15 is 0 Å². The van der Waals surface area contributed by atoms with Crippen molar-refractivity contribution < 1.29 is 4.79 Å². The Morgan fingerprint density at radius 1 is 1.33 bits per heavy atom. The lowest BCUT2D eigenvalue weighted by atomic mass is 9.66. The lowest BCUT2D eigenvalue weighted by Crippen LogP contribution is -2.42. The number of nitrogens with two attached hydrogens (primary N) is 1. The second kappa shape index (κ2) is 3.78. The van der Waals surface area contributed by atoms with E-state index < -0.39 is 0 Å². The van der Waals surface area contributed by atoms with E-state index in [9.17, 15) is 4.79 Å². The zero-order valence-corrected chi connectivity index (χ0v) is 9.64. The molecule has 86 valence electrons.